The number of nitrogens with one attached hydrogen (secondary N) is 1. The van der Waals surface area contributed by atoms with Crippen LogP contribution in [0.15, 0.2) is 15.8 Å². The molecule has 11 heteroatoms. The van der Waals surface area contributed by atoms with Crippen molar-refractivity contribution < 1.29 is 22.8 Å². The minimum atomic E-state index is -2.85. The van der Waals surface area contributed by atoms with Gasteiger partial charge in [0, 0.05) is 29.2 Å². The van der Waals surface area contributed by atoms with Crippen molar-refractivity contribution in [2.75, 3.05) is 6.61 Å². The predicted molar refractivity (Wildman–Crippen MR) is 152 cm³/mol. The average Bonchev–Trinajstić information content (AvgIpc) is 3.07. The Morgan fingerprint density at radius 3 is 2.18 bits per heavy atom. The van der Waals surface area contributed by atoms with E-state index >= 15 is 0 Å². The van der Waals surface area contributed by atoms with E-state index in [1.165, 1.54) is 17.7 Å². The first kappa shape index (κ1) is 31.2. The second-order valence-corrected chi connectivity index (χ2v) is 24.0. The van der Waals surface area contributed by atoms with E-state index < -0.39 is 52.5 Å². The Morgan fingerprint density at radius 1 is 1.11 bits per heavy atom. The summed E-state index contributed by atoms with van der Waals surface area (Å²) < 4.78 is 28.6. The second-order valence-electron chi connectivity index (χ2n) is 14.4. The minimum absolute atomic E-state index is 0.0388. The van der Waals surface area contributed by atoms with Gasteiger partial charge in [0.25, 0.3) is 5.56 Å². The van der Waals surface area contributed by atoms with Crippen LogP contribution in [-0.2, 0) is 29.4 Å². The molecule has 2 aliphatic heterocycles. The van der Waals surface area contributed by atoms with Crippen molar-refractivity contribution in [2.24, 2.45) is 0 Å². The number of hydrogen-bond acceptors (Lipinski definition) is 7. The number of nitrogens with zero attached hydrogens (tertiary/aromatic N) is 1. The number of hydrogen-bond donors (Lipinski definition) is 1. The molecular formula is C27H48N2O7Si2. The molecule has 3 heterocycles. The van der Waals surface area contributed by atoms with Gasteiger partial charge in [-0.2, -0.15) is 0 Å². The molecule has 0 bridgehead atoms. The number of fused-ring (bicyclic) bond motifs is 1. The standard InChI is InChI=1S/C27H48N2O7Si2/c1-17(30)13-14-29-15-18(23(31)28-24(29)32)20-22(35-37(11,12)25(2,3)4)21-19(34-20)16-33-38(36-21,26(5,6)7)27(8,9)10/h15,19-22H,13-14,16H2,1-12H3,(H,28,31,32)/t19-,20+,21+,22?/m1/s1. The Hall–Kier alpha value is -1.38. The Morgan fingerprint density at radius 2 is 1.68 bits per heavy atom. The number of ether oxygens (including phenoxy) is 1. The second kappa shape index (κ2) is 10.2. The van der Waals surface area contributed by atoms with Crippen LogP contribution in [0.1, 0.15) is 87.3 Å². The zero-order valence-electron chi connectivity index (χ0n) is 25.3. The lowest BCUT2D eigenvalue weighted by Crippen LogP contribution is -2.66. The highest BCUT2D eigenvalue weighted by atomic mass is 28.4. The van der Waals surface area contributed by atoms with Crippen molar-refractivity contribution in [3.05, 3.63) is 32.6 Å². The van der Waals surface area contributed by atoms with Gasteiger partial charge in [-0.25, -0.2) is 4.79 Å². The van der Waals surface area contributed by atoms with Crippen molar-refractivity contribution >= 4 is 22.7 Å². The molecule has 1 aromatic heterocycles. The molecule has 2 saturated heterocycles. The lowest BCUT2D eigenvalue weighted by Gasteiger charge is -2.54. The molecule has 2 aliphatic rings. The molecule has 0 radical (unpaired) electrons. The summed E-state index contributed by atoms with van der Waals surface area (Å²) in [6.07, 6.45) is -0.440. The van der Waals surface area contributed by atoms with Gasteiger partial charge in [0.15, 0.2) is 8.32 Å². The van der Waals surface area contributed by atoms with Crippen LogP contribution in [0.2, 0.25) is 28.2 Å². The third kappa shape index (κ3) is 5.73. The quantitative estimate of drug-likeness (QED) is 0.491. The Bertz CT molecular complexity index is 1140. The van der Waals surface area contributed by atoms with E-state index in [4.69, 9.17) is 18.0 Å². The summed E-state index contributed by atoms with van der Waals surface area (Å²) in [5.74, 6) is -0.0388. The van der Waals surface area contributed by atoms with E-state index in [9.17, 15) is 14.4 Å². The Balaban J connectivity index is 2.14. The number of aromatic amines is 1. The normalized spacial score (nSPS) is 26.3. The molecule has 4 atom stereocenters. The maximum absolute atomic E-state index is 13.2. The first-order chi connectivity index (χ1) is 17.1. The van der Waals surface area contributed by atoms with Gasteiger partial charge < -0.3 is 18.0 Å². The largest absolute Gasteiger partial charge is 0.408 e. The lowest BCUT2D eigenvalue weighted by molar-refractivity contribution is -0.117. The first-order valence-electron chi connectivity index (χ1n) is 13.6. The van der Waals surface area contributed by atoms with Gasteiger partial charge in [0.2, 0.25) is 0 Å². The van der Waals surface area contributed by atoms with Crippen LogP contribution in [0.4, 0.5) is 0 Å². The fourth-order valence-electron chi connectivity index (χ4n) is 5.41. The average molecular weight is 569 g/mol. The van der Waals surface area contributed by atoms with Crippen LogP contribution in [0.5, 0.6) is 0 Å². The molecule has 0 amide bonds. The molecule has 0 saturated carbocycles. The van der Waals surface area contributed by atoms with Crippen molar-refractivity contribution in [3.8, 4) is 0 Å². The summed E-state index contributed by atoms with van der Waals surface area (Å²) in [6, 6.07) is 0. The molecule has 0 spiro atoms. The highest BCUT2D eigenvalue weighted by Crippen LogP contribution is 2.56. The van der Waals surface area contributed by atoms with Crippen LogP contribution in [0, 0.1) is 0 Å². The number of aryl methyl sites for hydroxylation is 1. The molecular weight excluding hydrogens is 520 g/mol. The molecule has 1 aromatic rings. The smallest absolute Gasteiger partial charge is 0.349 e. The summed E-state index contributed by atoms with van der Waals surface area (Å²) in [7, 11) is -5.19. The molecule has 1 N–H and O–H groups in total. The van der Waals surface area contributed by atoms with Crippen LogP contribution < -0.4 is 11.2 Å². The first-order valence-corrected chi connectivity index (χ1v) is 18.3. The molecule has 38 heavy (non-hydrogen) atoms. The minimum Gasteiger partial charge on any atom is -0.408 e. The summed E-state index contributed by atoms with van der Waals surface area (Å²) in [6.45, 7) is 25.8. The van der Waals surface area contributed by atoms with E-state index in [0.29, 0.717) is 12.2 Å². The zero-order valence-corrected chi connectivity index (χ0v) is 27.3. The highest BCUT2D eigenvalue weighted by molar-refractivity contribution is 6.74. The van der Waals surface area contributed by atoms with Crippen molar-refractivity contribution in [1.82, 2.24) is 9.55 Å². The highest BCUT2D eigenvalue weighted by Gasteiger charge is 2.65. The molecule has 0 aliphatic carbocycles. The van der Waals surface area contributed by atoms with Gasteiger partial charge in [0.1, 0.15) is 30.2 Å². The molecule has 9 nitrogen and oxygen atoms in total. The monoisotopic (exact) mass is 568 g/mol. The fraction of sp³-hybridized carbons (Fsp3) is 0.815. The van der Waals surface area contributed by atoms with Crippen molar-refractivity contribution in [3.63, 3.8) is 0 Å². The van der Waals surface area contributed by atoms with Gasteiger partial charge in [-0.05, 0) is 25.1 Å². The van der Waals surface area contributed by atoms with Gasteiger partial charge in [-0.1, -0.05) is 62.3 Å². The van der Waals surface area contributed by atoms with Crippen molar-refractivity contribution in [2.45, 2.75) is 135 Å². The van der Waals surface area contributed by atoms with Gasteiger partial charge in [-0.3, -0.25) is 19.1 Å². The zero-order chi connectivity index (χ0) is 29.1. The summed E-state index contributed by atoms with van der Waals surface area (Å²) in [4.78, 5) is 39.7. The lowest BCUT2D eigenvalue weighted by atomic mass is 10.0. The van der Waals surface area contributed by atoms with Crippen LogP contribution in [0.25, 0.3) is 0 Å². The molecule has 1 unspecified atom stereocenters. The van der Waals surface area contributed by atoms with Crippen LogP contribution >= 0.6 is 0 Å². The van der Waals surface area contributed by atoms with Crippen LogP contribution in [0.3, 0.4) is 0 Å². The van der Waals surface area contributed by atoms with E-state index in [2.05, 4.69) is 80.4 Å². The predicted octanol–water partition coefficient (Wildman–Crippen LogP) is 4.80. The Kier molecular flexibility index (Phi) is 8.38. The van der Waals surface area contributed by atoms with Gasteiger partial charge >= 0.3 is 14.3 Å². The Labute approximate surface area is 229 Å². The number of carbonyl (C=O) groups excluding carboxylic acids is 1. The molecule has 2 fully saturated rings. The molecule has 0 aromatic carbocycles. The SMILES string of the molecule is CC(=O)CCn1cc([C@@H]2O[C@@H]3CO[Si](C(C)(C)C)(C(C)(C)C)O[C@@H]3C2O[Si](C)(C)C(C)(C)C)c(=O)[nH]c1=O. The number of carbonyl (C=O) groups is 1. The number of ketones is 1. The maximum Gasteiger partial charge on any atom is 0.349 e. The van der Waals surface area contributed by atoms with Gasteiger partial charge in [0.05, 0.1) is 12.2 Å². The topological polar surface area (TPSA) is 109 Å². The summed E-state index contributed by atoms with van der Waals surface area (Å²) in [5.41, 5.74) is -0.769. The third-order valence-electron chi connectivity index (χ3n) is 8.32. The molecule has 3 rings (SSSR count). The van der Waals surface area contributed by atoms with Crippen molar-refractivity contribution in [1.29, 1.82) is 0 Å². The number of aromatic nitrogens is 2. The fourth-order valence-corrected chi connectivity index (χ4v) is 11.7. The van der Waals surface area contributed by atoms with Gasteiger partial charge in [-0.15, -0.1) is 0 Å². The number of H-pyrrole nitrogens is 1. The van der Waals surface area contributed by atoms with E-state index in [1.54, 1.807) is 0 Å². The van der Waals surface area contributed by atoms with E-state index in [1.807, 2.05) is 0 Å². The summed E-state index contributed by atoms with van der Waals surface area (Å²) in [5, 5.41) is -0.545. The third-order valence-corrected chi connectivity index (χ3v) is 17.9. The number of rotatable bonds is 6. The molecule has 216 valence electrons. The summed E-state index contributed by atoms with van der Waals surface area (Å²) >= 11 is 0. The van der Waals surface area contributed by atoms with E-state index in [-0.39, 0.29) is 33.9 Å². The van der Waals surface area contributed by atoms with Crippen LogP contribution in [-0.4, -0.2) is 57.1 Å². The number of Topliss-reactive ketones (excluding diaryl/α,β-unsaturated/α-hetero) is 1. The van der Waals surface area contributed by atoms with E-state index in [0.717, 1.165) is 0 Å². The maximum atomic E-state index is 13.2.